The van der Waals surface area contributed by atoms with E-state index in [1.165, 1.54) is 0 Å². The van der Waals surface area contributed by atoms with Crippen molar-refractivity contribution in [3.63, 3.8) is 0 Å². The van der Waals surface area contributed by atoms with E-state index in [-0.39, 0.29) is 18.4 Å². The van der Waals surface area contributed by atoms with E-state index in [4.69, 9.17) is 5.11 Å². The third kappa shape index (κ3) is 4.07. The molecule has 1 atom stereocenters. The molecule has 0 aromatic heterocycles. The fourth-order valence-electron chi connectivity index (χ4n) is 2.51. The quantitative estimate of drug-likeness (QED) is 0.868. The Morgan fingerprint density at radius 1 is 1.38 bits per heavy atom. The van der Waals surface area contributed by atoms with Crippen molar-refractivity contribution in [2.45, 2.75) is 32.2 Å². The first-order chi connectivity index (χ1) is 10.0. The molecule has 1 saturated heterocycles. The molecule has 4 nitrogen and oxygen atoms in total. The molecule has 0 saturated carbocycles. The predicted molar refractivity (Wildman–Crippen MR) is 83.2 cm³/mol. The summed E-state index contributed by atoms with van der Waals surface area (Å²) < 4.78 is 25.9. The van der Waals surface area contributed by atoms with Crippen molar-refractivity contribution in [3.8, 4) is 11.8 Å². The molecule has 1 N–H and O–H groups in total. The topological polar surface area (TPSA) is 57.6 Å². The standard InChI is InChI=1S/C16H21NO3S/c1-14(17-10-3-5-12-21(17,19)20)16-9-6-8-15(13-16)7-2-4-11-18/h6,8-9,13-14,18H,3-5,10-12H2,1H3. The summed E-state index contributed by atoms with van der Waals surface area (Å²) in [5, 5.41) is 8.74. The molecule has 0 aliphatic carbocycles. The summed E-state index contributed by atoms with van der Waals surface area (Å²) in [5.41, 5.74) is 1.80. The maximum absolute atomic E-state index is 12.2. The van der Waals surface area contributed by atoms with Crippen molar-refractivity contribution in [2.24, 2.45) is 0 Å². The zero-order chi connectivity index (χ0) is 15.3. The van der Waals surface area contributed by atoms with Gasteiger partial charge in [-0.3, -0.25) is 0 Å². The Hall–Kier alpha value is -1.35. The van der Waals surface area contributed by atoms with Gasteiger partial charge in [-0.1, -0.05) is 24.0 Å². The molecule has 5 heteroatoms. The maximum Gasteiger partial charge on any atom is 0.214 e. The zero-order valence-corrected chi connectivity index (χ0v) is 13.1. The van der Waals surface area contributed by atoms with Crippen molar-refractivity contribution in [1.82, 2.24) is 4.31 Å². The second-order valence-corrected chi connectivity index (χ2v) is 7.25. The van der Waals surface area contributed by atoms with Gasteiger partial charge in [0.2, 0.25) is 10.0 Å². The van der Waals surface area contributed by atoms with E-state index < -0.39 is 10.0 Å². The summed E-state index contributed by atoms with van der Waals surface area (Å²) in [5.74, 6) is 6.11. The molecule has 1 aromatic rings. The Kier molecular flexibility index (Phi) is 5.40. The van der Waals surface area contributed by atoms with Crippen LogP contribution in [0.4, 0.5) is 0 Å². The number of hydrogen-bond acceptors (Lipinski definition) is 3. The number of sulfonamides is 1. The highest BCUT2D eigenvalue weighted by Crippen LogP contribution is 2.27. The molecule has 2 rings (SSSR count). The Balaban J connectivity index is 2.21. The molecule has 0 radical (unpaired) electrons. The Bertz CT molecular complexity index is 643. The largest absolute Gasteiger partial charge is 0.395 e. The first kappa shape index (κ1) is 16.0. The number of hydrogen-bond donors (Lipinski definition) is 1. The average Bonchev–Trinajstić information content (AvgIpc) is 2.47. The SMILES string of the molecule is CC(c1cccc(C#CCCO)c1)N1CCCCS1(=O)=O. The minimum Gasteiger partial charge on any atom is -0.395 e. The molecule has 0 amide bonds. The van der Waals surface area contributed by atoms with Crippen LogP contribution in [0.2, 0.25) is 0 Å². The van der Waals surface area contributed by atoms with E-state index in [1.54, 1.807) is 4.31 Å². The van der Waals surface area contributed by atoms with Crippen molar-refractivity contribution < 1.29 is 13.5 Å². The van der Waals surface area contributed by atoms with Crippen LogP contribution in [0.5, 0.6) is 0 Å². The van der Waals surface area contributed by atoms with E-state index >= 15 is 0 Å². The average molecular weight is 307 g/mol. The summed E-state index contributed by atoms with van der Waals surface area (Å²) in [6.07, 6.45) is 2.11. The van der Waals surface area contributed by atoms with Gasteiger partial charge in [-0.25, -0.2) is 8.42 Å². The van der Waals surface area contributed by atoms with Crippen LogP contribution < -0.4 is 0 Å². The summed E-state index contributed by atoms with van der Waals surface area (Å²) in [4.78, 5) is 0. The molecule has 1 heterocycles. The van der Waals surface area contributed by atoms with Crippen LogP contribution >= 0.6 is 0 Å². The van der Waals surface area contributed by atoms with Gasteiger partial charge in [-0.15, -0.1) is 0 Å². The maximum atomic E-state index is 12.2. The molecule has 21 heavy (non-hydrogen) atoms. The summed E-state index contributed by atoms with van der Waals surface area (Å²) in [6.45, 7) is 2.56. The van der Waals surface area contributed by atoms with Gasteiger partial charge in [0.05, 0.1) is 12.4 Å². The highest BCUT2D eigenvalue weighted by atomic mass is 32.2. The minimum absolute atomic E-state index is 0.0507. The lowest BCUT2D eigenvalue weighted by Crippen LogP contribution is -2.39. The number of rotatable bonds is 3. The summed E-state index contributed by atoms with van der Waals surface area (Å²) in [6, 6.07) is 7.48. The first-order valence-electron chi connectivity index (χ1n) is 7.24. The molecular formula is C16H21NO3S. The third-order valence-corrected chi connectivity index (χ3v) is 5.68. The van der Waals surface area contributed by atoms with Gasteiger partial charge in [0.15, 0.2) is 0 Å². The smallest absolute Gasteiger partial charge is 0.214 e. The lowest BCUT2D eigenvalue weighted by Gasteiger charge is -2.31. The van der Waals surface area contributed by atoms with Gasteiger partial charge in [-0.05, 0) is 37.5 Å². The second-order valence-electron chi connectivity index (χ2n) is 5.21. The highest BCUT2D eigenvalue weighted by molar-refractivity contribution is 7.89. The number of aliphatic hydroxyl groups is 1. The highest BCUT2D eigenvalue weighted by Gasteiger charge is 2.30. The lowest BCUT2D eigenvalue weighted by atomic mass is 10.0. The van der Waals surface area contributed by atoms with Crippen LogP contribution in [0.3, 0.4) is 0 Å². The van der Waals surface area contributed by atoms with Crippen molar-refractivity contribution in [2.75, 3.05) is 18.9 Å². The van der Waals surface area contributed by atoms with Crippen molar-refractivity contribution in [3.05, 3.63) is 35.4 Å². The fraction of sp³-hybridized carbons (Fsp3) is 0.500. The van der Waals surface area contributed by atoms with Crippen LogP contribution in [-0.4, -0.2) is 36.7 Å². The normalized spacial score (nSPS) is 19.5. The Morgan fingerprint density at radius 2 is 2.19 bits per heavy atom. The van der Waals surface area contributed by atoms with Crippen LogP contribution in [0, 0.1) is 11.8 Å². The molecule has 0 bridgehead atoms. The van der Waals surface area contributed by atoms with Gasteiger partial charge in [0.1, 0.15) is 0 Å². The third-order valence-electron chi connectivity index (χ3n) is 3.66. The van der Waals surface area contributed by atoms with Gasteiger partial charge >= 0.3 is 0 Å². The van der Waals surface area contributed by atoms with E-state index in [9.17, 15) is 8.42 Å². The molecule has 1 fully saturated rings. The number of aliphatic hydroxyl groups excluding tert-OH is 1. The van der Waals surface area contributed by atoms with Gasteiger partial charge in [-0.2, -0.15) is 4.31 Å². The van der Waals surface area contributed by atoms with Gasteiger partial charge < -0.3 is 5.11 Å². The molecule has 1 aromatic carbocycles. The second kappa shape index (κ2) is 7.08. The van der Waals surface area contributed by atoms with Crippen molar-refractivity contribution in [1.29, 1.82) is 0 Å². The van der Waals surface area contributed by atoms with E-state index in [2.05, 4.69) is 11.8 Å². The zero-order valence-electron chi connectivity index (χ0n) is 12.2. The Labute approximate surface area is 126 Å². The van der Waals surface area contributed by atoms with Crippen LogP contribution in [0.15, 0.2) is 24.3 Å². The Morgan fingerprint density at radius 3 is 2.90 bits per heavy atom. The summed E-state index contributed by atoms with van der Waals surface area (Å²) >= 11 is 0. The van der Waals surface area contributed by atoms with Crippen LogP contribution in [0.1, 0.15) is 43.4 Å². The van der Waals surface area contributed by atoms with E-state index in [1.807, 2.05) is 31.2 Å². The van der Waals surface area contributed by atoms with Crippen LogP contribution in [0.25, 0.3) is 0 Å². The number of nitrogens with zero attached hydrogens (tertiary/aromatic N) is 1. The fourth-order valence-corrected chi connectivity index (χ4v) is 4.32. The van der Waals surface area contributed by atoms with E-state index in [0.29, 0.717) is 13.0 Å². The molecular weight excluding hydrogens is 286 g/mol. The van der Waals surface area contributed by atoms with Crippen molar-refractivity contribution >= 4 is 10.0 Å². The summed E-state index contributed by atoms with van der Waals surface area (Å²) in [7, 11) is -3.14. The molecule has 0 spiro atoms. The lowest BCUT2D eigenvalue weighted by molar-refractivity contribution is 0.305. The molecule has 1 unspecified atom stereocenters. The van der Waals surface area contributed by atoms with E-state index in [0.717, 1.165) is 24.0 Å². The monoisotopic (exact) mass is 307 g/mol. The molecule has 1 aliphatic rings. The van der Waals surface area contributed by atoms with Gasteiger partial charge in [0.25, 0.3) is 0 Å². The molecule has 1 aliphatic heterocycles. The first-order valence-corrected chi connectivity index (χ1v) is 8.85. The van der Waals surface area contributed by atoms with Crippen LogP contribution in [-0.2, 0) is 10.0 Å². The number of benzene rings is 1. The predicted octanol–water partition coefficient (Wildman–Crippen LogP) is 1.91. The van der Waals surface area contributed by atoms with Gasteiger partial charge in [0, 0.05) is 24.6 Å². The molecule has 114 valence electrons. The minimum atomic E-state index is -3.14.